The number of benzene rings is 1. The molecule has 2 heteroatoms. The Morgan fingerprint density at radius 1 is 1.27 bits per heavy atom. The summed E-state index contributed by atoms with van der Waals surface area (Å²) in [6, 6.07) is 7.76. The van der Waals surface area contributed by atoms with Crippen LogP contribution in [0.1, 0.15) is 5.56 Å². The minimum absolute atomic E-state index is 0. The molecule has 0 atom stereocenters. The Hall–Kier alpha value is 0.396. The van der Waals surface area contributed by atoms with E-state index in [4.69, 9.17) is 4.74 Å². The van der Waals surface area contributed by atoms with Gasteiger partial charge in [-0.05, 0) is 17.7 Å². The fraction of sp³-hybridized carbons (Fsp3) is 0.111. The van der Waals surface area contributed by atoms with Gasteiger partial charge >= 0.3 is 0 Å². The van der Waals surface area contributed by atoms with Gasteiger partial charge in [0.2, 0.25) is 0 Å². The zero-order chi connectivity index (χ0) is 7.40. The summed E-state index contributed by atoms with van der Waals surface area (Å²) in [4.78, 5) is 0. The van der Waals surface area contributed by atoms with Crippen molar-refractivity contribution in [1.82, 2.24) is 0 Å². The largest absolute Gasteiger partial charge is 0.497 e. The number of hydrogen-bond acceptors (Lipinski definition) is 1. The molecular formula is C9H10KO. The van der Waals surface area contributed by atoms with Crippen LogP contribution < -0.4 is 4.74 Å². The van der Waals surface area contributed by atoms with Gasteiger partial charge in [0.1, 0.15) is 5.75 Å². The average molecular weight is 173 g/mol. The Kier molecular flexibility index (Phi) is 6.19. The maximum atomic E-state index is 4.98. The zero-order valence-electron chi connectivity index (χ0n) is 7.00. The van der Waals surface area contributed by atoms with Crippen molar-refractivity contribution in [2.24, 2.45) is 0 Å². The molecular weight excluding hydrogens is 163 g/mol. The Bertz CT molecular complexity index is 216. The summed E-state index contributed by atoms with van der Waals surface area (Å²) in [6.07, 6.45) is 1.80. The summed E-state index contributed by atoms with van der Waals surface area (Å²) in [5.41, 5.74) is 1.11. The second kappa shape index (κ2) is 5.97. The van der Waals surface area contributed by atoms with Crippen LogP contribution in [0.2, 0.25) is 0 Å². The fourth-order valence-corrected chi connectivity index (χ4v) is 0.740. The molecule has 1 rings (SSSR count). The Balaban J connectivity index is 0.000001000. The Morgan fingerprint density at radius 3 is 2.18 bits per heavy atom. The van der Waals surface area contributed by atoms with Gasteiger partial charge in [0, 0.05) is 51.4 Å². The first-order valence-corrected chi connectivity index (χ1v) is 3.13. The predicted octanol–water partition coefficient (Wildman–Crippen LogP) is 1.96. The summed E-state index contributed by atoms with van der Waals surface area (Å²) in [5.74, 6) is 0.880. The smallest absolute Gasteiger partial charge is 0.118 e. The third kappa shape index (κ3) is 3.54. The molecule has 0 aliphatic heterocycles. The second-order valence-corrected chi connectivity index (χ2v) is 1.98. The molecule has 1 aromatic rings. The van der Waals surface area contributed by atoms with Crippen molar-refractivity contribution in [3.8, 4) is 5.75 Å². The zero-order valence-corrected chi connectivity index (χ0v) is 10.1. The maximum Gasteiger partial charge on any atom is 0.118 e. The number of hydrogen-bond donors (Lipinski definition) is 0. The molecule has 11 heavy (non-hydrogen) atoms. The number of rotatable bonds is 2. The van der Waals surface area contributed by atoms with Gasteiger partial charge in [-0.3, -0.25) is 0 Å². The van der Waals surface area contributed by atoms with Crippen LogP contribution in [0.5, 0.6) is 5.75 Å². The third-order valence-corrected chi connectivity index (χ3v) is 1.35. The van der Waals surface area contributed by atoms with E-state index in [0.717, 1.165) is 11.3 Å². The minimum Gasteiger partial charge on any atom is -0.497 e. The minimum atomic E-state index is 0. The van der Waals surface area contributed by atoms with Crippen molar-refractivity contribution in [3.63, 3.8) is 0 Å². The van der Waals surface area contributed by atoms with E-state index in [1.807, 2.05) is 24.3 Å². The number of ether oxygens (including phenoxy) is 1. The maximum absolute atomic E-state index is 4.98. The quantitative estimate of drug-likeness (QED) is 0.621. The summed E-state index contributed by atoms with van der Waals surface area (Å²) < 4.78 is 4.98. The van der Waals surface area contributed by atoms with E-state index in [9.17, 15) is 0 Å². The van der Waals surface area contributed by atoms with Crippen molar-refractivity contribution in [1.29, 1.82) is 0 Å². The first-order valence-electron chi connectivity index (χ1n) is 3.13. The van der Waals surface area contributed by atoms with Crippen molar-refractivity contribution in [2.75, 3.05) is 7.11 Å². The van der Waals surface area contributed by atoms with Crippen LogP contribution in [0.4, 0.5) is 0 Å². The topological polar surface area (TPSA) is 9.23 Å². The molecule has 0 aliphatic carbocycles. The van der Waals surface area contributed by atoms with Crippen LogP contribution in [-0.4, -0.2) is 58.5 Å². The first-order chi connectivity index (χ1) is 4.86. The molecule has 1 nitrogen and oxygen atoms in total. The molecule has 0 saturated carbocycles. The van der Waals surface area contributed by atoms with Crippen LogP contribution in [0.15, 0.2) is 30.8 Å². The second-order valence-electron chi connectivity index (χ2n) is 1.98. The van der Waals surface area contributed by atoms with Gasteiger partial charge in [-0.1, -0.05) is 24.8 Å². The fourth-order valence-electron chi connectivity index (χ4n) is 0.740. The molecule has 0 heterocycles. The van der Waals surface area contributed by atoms with E-state index in [-0.39, 0.29) is 51.4 Å². The van der Waals surface area contributed by atoms with Crippen molar-refractivity contribution < 1.29 is 4.74 Å². The molecule has 1 aromatic carbocycles. The van der Waals surface area contributed by atoms with Gasteiger partial charge in [0.15, 0.2) is 0 Å². The monoisotopic (exact) mass is 173 g/mol. The molecule has 0 saturated heterocycles. The van der Waals surface area contributed by atoms with Gasteiger partial charge in [0.05, 0.1) is 7.11 Å². The molecule has 53 valence electrons. The van der Waals surface area contributed by atoms with E-state index in [1.54, 1.807) is 13.2 Å². The van der Waals surface area contributed by atoms with Crippen LogP contribution in [0, 0.1) is 0 Å². The Morgan fingerprint density at radius 2 is 1.82 bits per heavy atom. The molecule has 1 radical (unpaired) electrons. The molecule has 0 bridgehead atoms. The SMILES string of the molecule is C=Cc1ccc(OC)cc1.[K]. The van der Waals surface area contributed by atoms with Gasteiger partial charge in [-0.15, -0.1) is 0 Å². The molecule has 0 N–H and O–H groups in total. The van der Waals surface area contributed by atoms with Crippen molar-refractivity contribution >= 4 is 57.5 Å². The van der Waals surface area contributed by atoms with E-state index in [0.29, 0.717) is 0 Å². The van der Waals surface area contributed by atoms with E-state index >= 15 is 0 Å². The standard InChI is InChI=1S/C9H10O.K/c1-3-8-4-6-9(10-2)7-5-8;/h3-7H,1H2,2H3;. The predicted molar refractivity (Wildman–Crippen MR) is 48.8 cm³/mol. The van der Waals surface area contributed by atoms with Crippen molar-refractivity contribution in [2.45, 2.75) is 0 Å². The van der Waals surface area contributed by atoms with Gasteiger partial charge in [-0.2, -0.15) is 0 Å². The average Bonchev–Trinajstić information content (AvgIpc) is 2.05. The summed E-state index contributed by atoms with van der Waals surface area (Å²) in [6.45, 7) is 3.65. The molecule has 0 aliphatic rings. The van der Waals surface area contributed by atoms with Crippen LogP contribution in [0.3, 0.4) is 0 Å². The Labute approximate surface area is 110 Å². The van der Waals surface area contributed by atoms with Crippen molar-refractivity contribution in [3.05, 3.63) is 36.4 Å². The molecule has 0 fully saturated rings. The van der Waals surface area contributed by atoms with Gasteiger partial charge in [0.25, 0.3) is 0 Å². The summed E-state index contributed by atoms with van der Waals surface area (Å²) >= 11 is 0. The molecule has 0 amide bonds. The summed E-state index contributed by atoms with van der Waals surface area (Å²) in [5, 5.41) is 0. The number of methoxy groups -OCH3 is 1. The molecule has 0 aromatic heterocycles. The molecule has 0 spiro atoms. The van der Waals surface area contributed by atoms with Crippen LogP contribution >= 0.6 is 0 Å². The normalized spacial score (nSPS) is 8.09. The van der Waals surface area contributed by atoms with E-state index in [2.05, 4.69) is 6.58 Å². The third-order valence-electron chi connectivity index (χ3n) is 1.35. The van der Waals surface area contributed by atoms with Gasteiger partial charge < -0.3 is 4.74 Å². The van der Waals surface area contributed by atoms with Crippen LogP contribution in [-0.2, 0) is 0 Å². The van der Waals surface area contributed by atoms with E-state index < -0.39 is 0 Å². The van der Waals surface area contributed by atoms with Gasteiger partial charge in [-0.25, -0.2) is 0 Å². The first kappa shape index (κ1) is 11.4. The van der Waals surface area contributed by atoms with Crippen LogP contribution in [0.25, 0.3) is 6.08 Å². The summed E-state index contributed by atoms with van der Waals surface area (Å²) in [7, 11) is 1.66. The van der Waals surface area contributed by atoms with E-state index in [1.165, 1.54) is 0 Å². The molecule has 0 unspecified atom stereocenters.